The summed E-state index contributed by atoms with van der Waals surface area (Å²) in [4.78, 5) is 5.33. The molecule has 0 fully saturated rings. The molecule has 0 aromatic heterocycles. The quantitative estimate of drug-likeness (QED) is 0.240. The Morgan fingerprint density at radius 3 is 1.27 bits per heavy atom. The highest BCUT2D eigenvalue weighted by molar-refractivity contribution is 6.15. The average molecular weight is 388 g/mol. The number of benzene rings is 4. The molecule has 0 aliphatic heterocycles. The van der Waals surface area contributed by atoms with E-state index in [0.717, 1.165) is 34.5 Å². The third-order valence-electron chi connectivity index (χ3n) is 5.13. The first-order valence-electron chi connectivity index (χ1n) is 10.4. The highest BCUT2D eigenvalue weighted by Gasteiger charge is 2.13. The molecule has 0 aliphatic carbocycles. The van der Waals surface area contributed by atoms with Gasteiger partial charge < -0.3 is 0 Å². The number of hydrogen-bond donors (Lipinski definition) is 0. The van der Waals surface area contributed by atoms with Crippen molar-refractivity contribution in [2.75, 3.05) is 0 Å². The van der Waals surface area contributed by atoms with Gasteiger partial charge in [-0.2, -0.15) is 0 Å². The van der Waals surface area contributed by atoms with Crippen molar-refractivity contribution in [2.45, 2.75) is 13.3 Å². The lowest BCUT2D eigenvalue weighted by Crippen LogP contribution is -2.04. The SMILES string of the molecule is CC/C(=C(/N=C(c1ccccc1)c1ccccc1)c1ccccc1)c1ccccc1. The molecule has 0 bridgehead atoms. The van der Waals surface area contributed by atoms with Crippen molar-refractivity contribution in [2.24, 2.45) is 4.99 Å². The van der Waals surface area contributed by atoms with Gasteiger partial charge in [-0.15, -0.1) is 0 Å². The normalized spacial score (nSPS) is 11.5. The van der Waals surface area contributed by atoms with Gasteiger partial charge in [-0.05, 0) is 17.6 Å². The average Bonchev–Trinajstić information content (AvgIpc) is 2.84. The molecule has 0 N–H and O–H groups in total. The van der Waals surface area contributed by atoms with E-state index in [1.54, 1.807) is 0 Å². The molecule has 0 spiro atoms. The van der Waals surface area contributed by atoms with E-state index >= 15 is 0 Å². The van der Waals surface area contributed by atoms with Crippen LogP contribution in [0.4, 0.5) is 0 Å². The second-order valence-electron chi connectivity index (χ2n) is 7.11. The van der Waals surface area contributed by atoms with Gasteiger partial charge in [0.25, 0.3) is 0 Å². The number of hydrogen-bond acceptors (Lipinski definition) is 1. The standard InChI is InChI=1S/C29H25N/c1-2-27(23-15-7-3-8-16-23)29(26-21-13-6-14-22-26)30-28(24-17-9-4-10-18-24)25-19-11-5-12-20-25/h3-22H,2H2,1H3/b29-27-. The molecule has 0 unspecified atom stereocenters. The van der Waals surface area contributed by atoms with E-state index in [9.17, 15) is 0 Å². The highest BCUT2D eigenvalue weighted by Crippen LogP contribution is 2.31. The van der Waals surface area contributed by atoms with Crippen LogP contribution < -0.4 is 0 Å². The lowest BCUT2D eigenvalue weighted by atomic mass is 9.96. The Bertz CT molecular complexity index is 1080. The van der Waals surface area contributed by atoms with Crippen molar-refractivity contribution < 1.29 is 0 Å². The van der Waals surface area contributed by atoms with Crippen LogP contribution in [0.3, 0.4) is 0 Å². The van der Waals surface area contributed by atoms with Crippen molar-refractivity contribution >= 4 is 17.0 Å². The van der Waals surface area contributed by atoms with E-state index in [-0.39, 0.29) is 0 Å². The van der Waals surface area contributed by atoms with Gasteiger partial charge in [-0.1, -0.05) is 128 Å². The minimum atomic E-state index is 0.897. The summed E-state index contributed by atoms with van der Waals surface area (Å²) >= 11 is 0. The molecule has 0 atom stereocenters. The Morgan fingerprint density at radius 1 is 0.500 bits per heavy atom. The van der Waals surface area contributed by atoms with Gasteiger partial charge in [0.15, 0.2) is 0 Å². The van der Waals surface area contributed by atoms with Gasteiger partial charge in [0.05, 0.1) is 11.4 Å². The Morgan fingerprint density at radius 2 is 0.867 bits per heavy atom. The van der Waals surface area contributed by atoms with E-state index in [2.05, 4.69) is 110 Å². The summed E-state index contributed by atoms with van der Waals surface area (Å²) in [6, 6.07) is 41.9. The fourth-order valence-corrected chi connectivity index (χ4v) is 3.65. The Kier molecular flexibility index (Phi) is 6.31. The van der Waals surface area contributed by atoms with E-state index < -0.39 is 0 Å². The summed E-state index contributed by atoms with van der Waals surface area (Å²) in [5.74, 6) is 0. The van der Waals surface area contributed by atoms with Crippen LogP contribution in [0, 0.1) is 0 Å². The van der Waals surface area contributed by atoms with Gasteiger partial charge in [-0.3, -0.25) is 0 Å². The van der Waals surface area contributed by atoms with Gasteiger partial charge >= 0.3 is 0 Å². The molecule has 4 aromatic carbocycles. The minimum absolute atomic E-state index is 0.897. The summed E-state index contributed by atoms with van der Waals surface area (Å²) < 4.78 is 0. The predicted molar refractivity (Wildman–Crippen MR) is 129 cm³/mol. The third-order valence-corrected chi connectivity index (χ3v) is 5.13. The van der Waals surface area contributed by atoms with Crippen LogP contribution in [0.5, 0.6) is 0 Å². The lowest BCUT2D eigenvalue weighted by molar-refractivity contribution is 1.23. The van der Waals surface area contributed by atoms with Crippen LogP contribution in [-0.2, 0) is 0 Å². The molecule has 0 aliphatic rings. The van der Waals surface area contributed by atoms with E-state index in [1.807, 2.05) is 18.2 Å². The number of allylic oxidation sites excluding steroid dienone is 1. The first-order chi connectivity index (χ1) is 14.9. The molecule has 0 amide bonds. The largest absolute Gasteiger partial charge is 0.247 e. The first-order valence-corrected chi connectivity index (χ1v) is 10.4. The molecule has 4 rings (SSSR count). The van der Waals surface area contributed by atoms with Crippen LogP contribution in [0.15, 0.2) is 126 Å². The highest BCUT2D eigenvalue weighted by atomic mass is 14.8. The van der Waals surface area contributed by atoms with Crippen molar-refractivity contribution in [3.8, 4) is 0 Å². The second-order valence-corrected chi connectivity index (χ2v) is 7.11. The zero-order valence-electron chi connectivity index (χ0n) is 17.2. The smallest absolute Gasteiger partial charge is 0.0781 e. The molecular weight excluding hydrogens is 362 g/mol. The molecule has 0 heterocycles. The summed E-state index contributed by atoms with van der Waals surface area (Å²) in [5, 5.41) is 0. The van der Waals surface area contributed by atoms with Gasteiger partial charge in [0.1, 0.15) is 0 Å². The minimum Gasteiger partial charge on any atom is -0.247 e. The van der Waals surface area contributed by atoms with Crippen LogP contribution in [0.25, 0.3) is 11.3 Å². The molecule has 0 radical (unpaired) electrons. The van der Waals surface area contributed by atoms with Crippen LogP contribution in [-0.4, -0.2) is 5.71 Å². The van der Waals surface area contributed by atoms with Gasteiger partial charge in [-0.25, -0.2) is 4.99 Å². The maximum atomic E-state index is 5.33. The van der Waals surface area contributed by atoms with Crippen molar-refractivity contribution in [3.63, 3.8) is 0 Å². The van der Waals surface area contributed by atoms with Crippen molar-refractivity contribution in [1.29, 1.82) is 0 Å². The number of rotatable bonds is 6. The van der Waals surface area contributed by atoms with E-state index in [0.29, 0.717) is 0 Å². The second kappa shape index (κ2) is 9.67. The Hall–Kier alpha value is -3.71. The number of aliphatic imine (C=N–C) groups is 1. The molecular formula is C29H25N. The zero-order valence-corrected chi connectivity index (χ0v) is 17.2. The fourth-order valence-electron chi connectivity index (χ4n) is 3.65. The van der Waals surface area contributed by atoms with Crippen LogP contribution in [0.2, 0.25) is 0 Å². The summed E-state index contributed by atoms with van der Waals surface area (Å²) in [7, 11) is 0. The molecule has 146 valence electrons. The molecule has 0 saturated heterocycles. The monoisotopic (exact) mass is 387 g/mol. The first kappa shape index (κ1) is 19.6. The molecule has 1 heteroatoms. The summed E-state index contributed by atoms with van der Waals surface area (Å²) in [6.07, 6.45) is 0.897. The van der Waals surface area contributed by atoms with Gasteiger partial charge in [0.2, 0.25) is 0 Å². The predicted octanol–water partition coefficient (Wildman–Crippen LogP) is 7.50. The topological polar surface area (TPSA) is 12.4 Å². The van der Waals surface area contributed by atoms with Gasteiger partial charge in [0, 0.05) is 16.7 Å². The Labute approximate surface area is 179 Å². The molecule has 0 saturated carbocycles. The van der Waals surface area contributed by atoms with Crippen LogP contribution in [0.1, 0.15) is 35.6 Å². The zero-order chi connectivity index (χ0) is 20.6. The maximum absolute atomic E-state index is 5.33. The molecule has 1 nitrogen and oxygen atoms in total. The fraction of sp³-hybridized carbons (Fsp3) is 0.0690. The number of nitrogens with zero attached hydrogens (tertiary/aromatic N) is 1. The molecule has 30 heavy (non-hydrogen) atoms. The summed E-state index contributed by atoms with van der Waals surface area (Å²) in [6.45, 7) is 2.20. The van der Waals surface area contributed by atoms with Crippen molar-refractivity contribution in [1.82, 2.24) is 0 Å². The van der Waals surface area contributed by atoms with E-state index in [1.165, 1.54) is 11.1 Å². The lowest BCUT2D eigenvalue weighted by Gasteiger charge is -2.15. The molecule has 4 aromatic rings. The van der Waals surface area contributed by atoms with E-state index in [4.69, 9.17) is 4.99 Å². The Balaban J connectivity index is 2.00. The summed E-state index contributed by atoms with van der Waals surface area (Å²) in [5.41, 5.74) is 7.81. The maximum Gasteiger partial charge on any atom is 0.0781 e. The van der Waals surface area contributed by atoms with Crippen molar-refractivity contribution in [3.05, 3.63) is 144 Å². The third kappa shape index (κ3) is 4.47. The van der Waals surface area contributed by atoms with Crippen LogP contribution >= 0.6 is 0 Å².